The van der Waals surface area contributed by atoms with Crippen LogP contribution in [0.4, 0.5) is 5.69 Å². The van der Waals surface area contributed by atoms with Gasteiger partial charge in [-0.1, -0.05) is 12.1 Å². The summed E-state index contributed by atoms with van der Waals surface area (Å²) < 4.78 is 1.21. The van der Waals surface area contributed by atoms with E-state index in [9.17, 15) is 0 Å². The summed E-state index contributed by atoms with van der Waals surface area (Å²) in [5.41, 5.74) is 9.67. The minimum atomic E-state index is 0.939. The average molecular weight is 323 g/mol. The number of hydrogen-bond acceptors (Lipinski definition) is 3. The molecule has 0 saturated carbocycles. The fourth-order valence-electron chi connectivity index (χ4n) is 2.43. The van der Waals surface area contributed by atoms with Crippen LogP contribution in [0.3, 0.4) is 0 Å². The highest BCUT2D eigenvalue weighted by Crippen LogP contribution is 2.28. The Bertz CT molecular complexity index is 565. The number of nitrogens with two attached hydrogens (primary N) is 1. The summed E-state index contributed by atoms with van der Waals surface area (Å²) >= 11 is 5.33. The molecule has 0 spiro atoms. The molecule has 0 amide bonds. The van der Waals surface area contributed by atoms with E-state index in [1.54, 1.807) is 0 Å². The number of nitrogen functional groups attached to an aromatic ring is 1. The fraction of sp³-hybridized carbons (Fsp3) is 0.286. The Morgan fingerprint density at radius 3 is 2.83 bits per heavy atom. The first-order chi connectivity index (χ1) is 8.72. The molecule has 0 fully saturated rings. The van der Waals surface area contributed by atoms with Crippen LogP contribution < -0.4 is 5.73 Å². The van der Waals surface area contributed by atoms with Gasteiger partial charge in [0.2, 0.25) is 0 Å². The number of nitrogens with zero attached hydrogens (tertiary/aromatic N) is 1. The van der Waals surface area contributed by atoms with Crippen molar-refractivity contribution in [3.8, 4) is 0 Å². The second kappa shape index (κ2) is 5.03. The van der Waals surface area contributed by atoms with Crippen molar-refractivity contribution in [1.29, 1.82) is 0 Å². The third-order valence-corrected chi connectivity index (χ3v) is 5.07. The number of fused-ring (bicyclic) bond motifs is 1. The van der Waals surface area contributed by atoms with Gasteiger partial charge in [0.1, 0.15) is 0 Å². The summed E-state index contributed by atoms with van der Waals surface area (Å²) in [6, 6.07) is 10.6. The van der Waals surface area contributed by atoms with Crippen LogP contribution in [0.5, 0.6) is 0 Å². The first-order valence-electron chi connectivity index (χ1n) is 6.05. The highest BCUT2D eigenvalue weighted by atomic mass is 79.9. The molecule has 0 unspecified atom stereocenters. The van der Waals surface area contributed by atoms with Gasteiger partial charge in [-0.05, 0) is 51.7 Å². The van der Waals surface area contributed by atoms with E-state index in [-0.39, 0.29) is 0 Å². The topological polar surface area (TPSA) is 29.3 Å². The van der Waals surface area contributed by atoms with Gasteiger partial charge in [0.15, 0.2) is 0 Å². The maximum atomic E-state index is 6.01. The van der Waals surface area contributed by atoms with E-state index in [0.29, 0.717) is 0 Å². The molecule has 94 valence electrons. The van der Waals surface area contributed by atoms with Crippen LogP contribution in [0.25, 0.3) is 0 Å². The molecule has 0 saturated heterocycles. The van der Waals surface area contributed by atoms with Gasteiger partial charge >= 0.3 is 0 Å². The number of hydrogen-bond donors (Lipinski definition) is 1. The van der Waals surface area contributed by atoms with Gasteiger partial charge in [-0.25, -0.2) is 0 Å². The molecule has 2 N–H and O–H groups in total. The van der Waals surface area contributed by atoms with E-state index < -0.39 is 0 Å². The summed E-state index contributed by atoms with van der Waals surface area (Å²) in [5, 5.41) is 0. The van der Waals surface area contributed by atoms with Crippen molar-refractivity contribution in [1.82, 2.24) is 4.90 Å². The van der Waals surface area contributed by atoms with Gasteiger partial charge in [0.25, 0.3) is 0 Å². The van der Waals surface area contributed by atoms with E-state index in [1.807, 2.05) is 23.5 Å². The molecular weight excluding hydrogens is 308 g/mol. The minimum absolute atomic E-state index is 0.939. The summed E-state index contributed by atoms with van der Waals surface area (Å²) in [6.07, 6.45) is 1.12. The van der Waals surface area contributed by atoms with Gasteiger partial charge < -0.3 is 5.73 Å². The molecular formula is C14H15BrN2S. The minimum Gasteiger partial charge on any atom is -0.398 e. The molecule has 18 heavy (non-hydrogen) atoms. The number of benzene rings is 1. The quantitative estimate of drug-likeness (QED) is 0.874. The van der Waals surface area contributed by atoms with Crippen LogP contribution in [-0.2, 0) is 19.5 Å². The first kappa shape index (κ1) is 12.2. The van der Waals surface area contributed by atoms with Gasteiger partial charge in [-0.15, -0.1) is 11.3 Å². The average Bonchev–Trinajstić information content (AvgIpc) is 2.93. The molecule has 0 aliphatic carbocycles. The zero-order chi connectivity index (χ0) is 12.5. The summed E-state index contributed by atoms with van der Waals surface area (Å²) in [5.74, 6) is 0. The van der Waals surface area contributed by atoms with Gasteiger partial charge in [-0.3, -0.25) is 4.90 Å². The summed E-state index contributed by atoms with van der Waals surface area (Å²) in [6.45, 7) is 3.13. The first-order valence-corrected chi connectivity index (χ1v) is 7.66. The lowest BCUT2D eigenvalue weighted by Crippen LogP contribution is -2.19. The Balaban J connectivity index is 1.63. The molecule has 1 aliphatic rings. The molecule has 1 aromatic heterocycles. The molecule has 2 nitrogen and oxygen atoms in total. The predicted octanol–water partition coefficient (Wildman–Crippen LogP) is 3.65. The van der Waals surface area contributed by atoms with E-state index in [4.69, 9.17) is 5.73 Å². The zero-order valence-electron chi connectivity index (χ0n) is 10.0. The van der Waals surface area contributed by atoms with Crippen molar-refractivity contribution in [2.24, 2.45) is 0 Å². The Hall–Kier alpha value is -0.840. The molecule has 0 atom stereocenters. The maximum absolute atomic E-state index is 6.01. The van der Waals surface area contributed by atoms with Crippen LogP contribution in [0.1, 0.15) is 16.0 Å². The van der Waals surface area contributed by atoms with Crippen molar-refractivity contribution < 1.29 is 0 Å². The summed E-state index contributed by atoms with van der Waals surface area (Å²) in [7, 11) is 0. The molecule has 0 radical (unpaired) electrons. The lowest BCUT2D eigenvalue weighted by molar-refractivity contribution is 0.289. The van der Waals surface area contributed by atoms with Gasteiger partial charge in [0, 0.05) is 30.2 Å². The third-order valence-electron chi connectivity index (χ3n) is 3.39. The van der Waals surface area contributed by atoms with Gasteiger partial charge in [0.05, 0.1) is 3.79 Å². The van der Waals surface area contributed by atoms with Crippen molar-refractivity contribution in [2.45, 2.75) is 19.5 Å². The number of rotatable bonds is 3. The Morgan fingerprint density at radius 1 is 1.22 bits per heavy atom. The molecule has 2 aromatic rings. The standard InChI is InChI=1S/C14H15BrN2S/c15-14-5-4-11(18-14)6-7-17-8-10-2-1-3-13(16)12(10)9-17/h1-5H,6-9,16H2. The van der Waals surface area contributed by atoms with E-state index in [2.05, 4.69) is 39.0 Å². The molecule has 4 heteroatoms. The second-order valence-corrected chi connectivity index (χ2v) is 7.20. The third kappa shape index (κ3) is 2.46. The van der Waals surface area contributed by atoms with E-state index in [0.717, 1.165) is 31.7 Å². The Kier molecular flexibility index (Phi) is 3.41. The number of halogens is 1. The lowest BCUT2D eigenvalue weighted by atomic mass is 10.1. The van der Waals surface area contributed by atoms with Crippen LogP contribution in [0, 0.1) is 0 Å². The van der Waals surface area contributed by atoms with Crippen molar-refractivity contribution in [2.75, 3.05) is 12.3 Å². The largest absolute Gasteiger partial charge is 0.398 e. The van der Waals surface area contributed by atoms with Crippen LogP contribution in [0.15, 0.2) is 34.1 Å². The smallest absolute Gasteiger partial charge is 0.0701 e. The highest BCUT2D eigenvalue weighted by Gasteiger charge is 2.20. The molecule has 1 aliphatic heterocycles. The monoisotopic (exact) mass is 322 g/mol. The van der Waals surface area contributed by atoms with E-state index in [1.165, 1.54) is 19.8 Å². The van der Waals surface area contributed by atoms with Crippen molar-refractivity contribution in [3.05, 3.63) is 50.1 Å². The maximum Gasteiger partial charge on any atom is 0.0701 e. The lowest BCUT2D eigenvalue weighted by Gasteiger charge is -2.13. The Labute approximate surface area is 120 Å². The molecule has 2 heterocycles. The highest BCUT2D eigenvalue weighted by molar-refractivity contribution is 9.11. The van der Waals surface area contributed by atoms with Crippen molar-refractivity contribution >= 4 is 33.0 Å². The predicted molar refractivity (Wildman–Crippen MR) is 80.7 cm³/mol. The van der Waals surface area contributed by atoms with Crippen LogP contribution in [0.2, 0.25) is 0 Å². The van der Waals surface area contributed by atoms with Crippen LogP contribution in [-0.4, -0.2) is 11.4 Å². The molecule has 3 rings (SSSR count). The number of anilines is 1. The zero-order valence-corrected chi connectivity index (χ0v) is 12.4. The fourth-order valence-corrected chi connectivity index (χ4v) is 3.90. The second-order valence-electron chi connectivity index (χ2n) is 4.65. The molecule has 1 aromatic carbocycles. The Morgan fingerprint density at radius 2 is 2.11 bits per heavy atom. The van der Waals surface area contributed by atoms with Crippen molar-refractivity contribution in [3.63, 3.8) is 0 Å². The SMILES string of the molecule is Nc1cccc2c1CN(CCc1ccc(Br)s1)C2. The normalized spacial score (nSPS) is 14.9. The van der Waals surface area contributed by atoms with Gasteiger partial charge in [-0.2, -0.15) is 0 Å². The van der Waals surface area contributed by atoms with E-state index >= 15 is 0 Å². The number of thiophene rings is 1. The summed E-state index contributed by atoms with van der Waals surface area (Å²) in [4.78, 5) is 3.90. The molecule has 0 bridgehead atoms. The van der Waals surface area contributed by atoms with Crippen LogP contribution >= 0.6 is 27.3 Å².